The van der Waals surface area contributed by atoms with Crippen LogP contribution in [0.1, 0.15) is 11.6 Å². The lowest BCUT2D eigenvalue weighted by Gasteiger charge is -2.15. The van der Waals surface area contributed by atoms with Crippen LogP contribution in [0.5, 0.6) is 11.5 Å². The summed E-state index contributed by atoms with van der Waals surface area (Å²) in [4.78, 5) is 10.6. The lowest BCUT2D eigenvalue weighted by Crippen LogP contribution is -2.24. The molecule has 8 heteroatoms. The number of carboxylic acids is 1. The van der Waals surface area contributed by atoms with Gasteiger partial charge in [0.05, 0.1) is 0 Å². The number of alkyl halides is 3. The van der Waals surface area contributed by atoms with Gasteiger partial charge in [0.15, 0.2) is 0 Å². The molecule has 0 heterocycles. The average Bonchev–Trinajstić information content (AvgIpc) is 2.17. The fourth-order valence-corrected chi connectivity index (χ4v) is 1.13. The molecule has 0 amide bonds. The number of aromatic hydroxyl groups is 1. The number of ether oxygens (including phenoxy) is 1. The van der Waals surface area contributed by atoms with E-state index in [9.17, 15) is 18.0 Å². The monoisotopic (exact) mass is 251 g/mol. The third-order valence-electron chi connectivity index (χ3n) is 1.82. The summed E-state index contributed by atoms with van der Waals surface area (Å²) >= 11 is 0. The molecule has 0 bridgehead atoms. The van der Waals surface area contributed by atoms with Crippen molar-refractivity contribution >= 4 is 5.97 Å². The van der Waals surface area contributed by atoms with Crippen molar-refractivity contribution in [2.24, 2.45) is 5.73 Å². The van der Waals surface area contributed by atoms with E-state index in [4.69, 9.17) is 15.9 Å². The van der Waals surface area contributed by atoms with Crippen LogP contribution in [0.4, 0.5) is 13.2 Å². The van der Waals surface area contributed by atoms with Gasteiger partial charge in [0.25, 0.3) is 0 Å². The first kappa shape index (κ1) is 13.1. The van der Waals surface area contributed by atoms with Gasteiger partial charge in [0, 0.05) is 5.56 Å². The van der Waals surface area contributed by atoms with Gasteiger partial charge < -0.3 is 20.7 Å². The Balaban J connectivity index is 3.17. The molecule has 0 spiro atoms. The van der Waals surface area contributed by atoms with Crippen molar-refractivity contribution in [2.75, 3.05) is 0 Å². The molecular weight excluding hydrogens is 243 g/mol. The standard InChI is InChI=1S/C9H8F3NO4/c10-9(11,12)17-6-2-1-4(14)3-5(6)7(13)8(15)16/h1-3,7,14H,13H2,(H,15,16)/t7-/m0/s1. The number of hydrogen-bond donors (Lipinski definition) is 3. The Labute approximate surface area is 93.2 Å². The number of rotatable bonds is 3. The summed E-state index contributed by atoms with van der Waals surface area (Å²) < 4.78 is 39.6. The number of carbonyl (C=O) groups is 1. The van der Waals surface area contributed by atoms with Crippen LogP contribution in [0.3, 0.4) is 0 Å². The van der Waals surface area contributed by atoms with Crippen LogP contribution in [0, 0.1) is 0 Å². The molecule has 0 unspecified atom stereocenters. The first-order chi connectivity index (χ1) is 7.70. The Morgan fingerprint density at radius 3 is 2.47 bits per heavy atom. The molecule has 4 N–H and O–H groups in total. The van der Waals surface area contributed by atoms with E-state index in [1.54, 1.807) is 0 Å². The van der Waals surface area contributed by atoms with E-state index in [0.29, 0.717) is 0 Å². The van der Waals surface area contributed by atoms with Crippen molar-refractivity contribution in [1.29, 1.82) is 0 Å². The number of carboxylic acid groups (broad SMARTS) is 1. The molecular formula is C9H8F3NO4. The van der Waals surface area contributed by atoms with Crippen LogP contribution in [0.25, 0.3) is 0 Å². The minimum Gasteiger partial charge on any atom is -0.508 e. The normalized spacial score (nSPS) is 13.2. The molecule has 0 aliphatic heterocycles. The largest absolute Gasteiger partial charge is 0.573 e. The SMILES string of the molecule is N[C@H](C(=O)O)c1cc(O)ccc1OC(F)(F)F. The summed E-state index contributed by atoms with van der Waals surface area (Å²) in [6.07, 6.45) is -4.97. The lowest BCUT2D eigenvalue weighted by atomic mass is 10.1. The molecule has 0 saturated heterocycles. The topological polar surface area (TPSA) is 92.8 Å². The summed E-state index contributed by atoms with van der Waals surface area (Å²) in [7, 11) is 0. The third-order valence-corrected chi connectivity index (χ3v) is 1.82. The highest BCUT2D eigenvalue weighted by Gasteiger charge is 2.33. The zero-order chi connectivity index (χ0) is 13.2. The molecule has 0 aliphatic rings. The molecule has 5 nitrogen and oxygen atoms in total. The summed E-state index contributed by atoms with van der Waals surface area (Å²) in [5.74, 6) is -2.71. The van der Waals surface area contributed by atoms with E-state index < -0.39 is 35.4 Å². The van der Waals surface area contributed by atoms with E-state index >= 15 is 0 Å². The van der Waals surface area contributed by atoms with Gasteiger partial charge in [-0.05, 0) is 18.2 Å². The van der Waals surface area contributed by atoms with Crippen molar-refractivity contribution in [2.45, 2.75) is 12.4 Å². The Bertz CT molecular complexity index is 433. The quantitative estimate of drug-likeness (QED) is 0.754. The third kappa shape index (κ3) is 3.52. The first-order valence-electron chi connectivity index (χ1n) is 4.28. The van der Waals surface area contributed by atoms with Crippen molar-refractivity contribution in [3.63, 3.8) is 0 Å². The predicted molar refractivity (Wildman–Crippen MR) is 49.4 cm³/mol. The molecule has 0 saturated carbocycles. The molecule has 0 radical (unpaired) electrons. The van der Waals surface area contributed by atoms with Crippen LogP contribution >= 0.6 is 0 Å². The predicted octanol–water partition coefficient (Wildman–Crippen LogP) is 1.38. The van der Waals surface area contributed by atoms with E-state index in [0.717, 1.165) is 18.2 Å². The number of phenols is 1. The molecule has 0 aromatic heterocycles. The van der Waals surface area contributed by atoms with Gasteiger partial charge in [-0.1, -0.05) is 0 Å². The maximum atomic E-state index is 12.0. The molecule has 1 atom stereocenters. The molecule has 94 valence electrons. The van der Waals surface area contributed by atoms with Crippen LogP contribution in [-0.4, -0.2) is 22.5 Å². The summed E-state index contributed by atoms with van der Waals surface area (Å²) in [5, 5.41) is 17.7. The second-order valence-electron chi connectivity index (χ2n) is 3.09. The van der Waals surface area contributed by atoms with Crippen molar-refractivity contribution in [3.8, 4) is 11.5 Å². The van der Waals surface area contributed by atoms with Gasteiger partial charge in [-0.25, -0.2) is 0 Å². The van der Waals surface area contributed by atoms with Gasteiger partial charge >= 0.3 is 12.3 Å². The Morgan fingerprint density at radius 1 is 1.41 bits per heavy atom. The lowest BCUT2D eigenvalue weighted by molar-refractivity contribution is -0.275. The van der Waals surface area contributed by atoms with Gasteiger partial charge in [0.1, 0.15) is 17.5 Å². The van der Waals surface area contributed by atoms with Crippen molar-refractivity contribution < 1.29 is 32.9 Å². The number of nitrogens with two attached hydrogens (primary N) is 1. The highest BCUT2D eigenvalue weighted by atomic mass is 19.4. The van der Waals surface area contributed by atoms with Gasteiger partial charge in [-0.3, -0.25) is 4.79 Å². The van der Waals surface area contributed by atoms with Crippen LogP contribution < -0.4 is 10.5 Å². The summed E-state index contributed by atoms with van der Waals surface area (Å²) in [5.41, 5.74) is 4.71. The highest BCUT2D eigenvalue weighted by molar-refractivity contribution is 5.76. The minimum absolute atomic E-state index is 0.411. The number of benzene rings is 1. The average molecular weight is 251 g/mol. The van der Waals surface area contributed by atoms with Crippen LogP contribution in [0.2, 0.25) is 0 Å². The first-order valence-corrected chi connectivity index (χ1v) is 4.28. The van der Waals surface area contributed by atoms with E-state index in [1.807, 2.05) is 0 Å². The highest BCUT2D eigenvalue weighted by Crippen LogP contribution is 2.32. The zero-order valence-electron chi connectivity index (χ0n) is 8.23. The van der Waals surface area contributed by atoms with Gasteiger partial charge in [-0.2, -0.15) is 0 Å². The molecule has 1 rings (SSSR count). The maximum absolute atomic E-state index is 12.0. The number of phenolic OH excluding ortho intramolecular Hbond substituents is 1. The van der Waals surface area contributed by atoms with Gasteiger partial charge in [-0.15, -0.1) is 13.2 Å². The number of aliphatic carboxylic acids is 1. The summed E-state index contributed by atoms with van der Waals surface area (Å²) in [6.45, 7) is 0. The molecule has 0 fully saturated rings. The Morgan fingerprint density at radius 2 is 2.00 bits per heavy atom. The fraction of sp³-hybridized carbons (Fsp3) is 0.222. The fourth-order valence-electron chi connectivity index (χ4n) is 1.13. The molecule has 0 aliphatic carbocycles. The van der Waals surface area contributed by atoms with E-state index in [-0.39, 0.29) is 0 Å². The molecule has 17 heavy (non-hydrogen) atoms. The van der Waals surface area contributed by atoms with Gasteiger partial charge in [0.2, 0.25) is 0 Å². The zero-order valence-corrected chi connectivity index (χ0v) is 8.23. The smallest absolute Gasteiger partial charge is 0.508 e. The Hall–Kier alpha value is -1.96. The van der Waals surface area contributed by atoms with Crippen molar-refractivity contribution in [3.05, 3.63) is 23.8 Å². The molecule has 1 aromatic carbocycles. The summed E-state index contributed by atoms with van der Waals surface area (Å²) in [6, 6.07) is 0.805. The van der Waals surface area contributed by atoms with Crippen LogP contribution in [-0.2, 0) is 4.79 Å². The molecule has 1 aromatic rings. The number of halogens is 3. The minimum atomic E-state index is -4.97. The van der Waals surface area contributed by atoms with E-state index in [2.05, 4.69) is 4.74 Å². The maximum Gasteiger partial charge on any atom is 0.573 e. The van der Waals surface area contributed by atoms with Crippen molar-refractivity contribution in [1.82, 2.24) is 0 Å². The van der Waals surface area contributed by atoms with E-state index in [1.165, 1.54) is 0 Å². The van der Waals surface area contributed by atoms with Crippen LogP contribution in [0.15, 0.2) is 18.2 Å². The second kappa shape index (κ2) is 4.50. The number of hydrogen-bond acceptors (Lipinski definition) is 4. The second-order valence-corrected chi connectivity index (χ2v) is 3.09. The Kier molecular flexibility index (Phi) is 3.47.